The van der Waals surface area contributed by atoms with Gasteiger partial charge in [0, 0.05) is 38.7 Å². The van der Waals surface area contributed by atoms with Crippen LogP contribution in [0.4, 0.5) is 10.2 Å². The highest BCUT2D eigenvalue weighted by Crippen LogP contribution is 2.28. The average Bonchev–Trinajstić information content (AvgIpc) is 3.14. The summed E-state index contributed by atoms with van der Waals surface area (Å²) in [4.78, 5) is 16.7. The van der Waals surface area contributed by atoms with Crippen molar-refractivity contribution in [3.05, 3.63) is 48.1 Å². The first kappa shape index (κ1) is 18.3. The molecule has 1 saturated heterocycles. The molecule has 3 heterocycles. The molecule has 0 atom stereocenters. The summed E-state index contributed by atoms with van der Waals surface area (Å²) >= 11 is 0. The molecule has 1 aliphatic heterocycles. The minimum Gasteiger partial charge on any atom is -0.497 e. The van der Waals surface area contributed by atoms with Gasteiger partial charge in [0.05, 0.1) is 13.7 Å². The summed E-state index contributed by atoms with van der Waals surface area (Å²) < 4.78 is 25.3. The van der Waals surface area contributed by atoms with E-state index in [2.05, 4.69) is 25.0 Å². The zero-order valence-electron chi connectivity index (χ0n) is 15.8. The van der Waals surface area contributed by atoms with Gasteiger partial charge in [-0.15, -0.1) is 0 Å². The predicted molar refractivity (Wildman–Crippen MR) is 101 cm³/mol. The molecule has 28 heavy (non-hydrogen) atoms. The third kappa shape index (κ3) is 3.79. The first-order valence-corrected chi connectivity index (χ1v) is 9.05. The third-order valence-corrected chi connectivity index (χ3v) is 4.74. The van der Waals surface area contributed by atoms with Gasteiger partial charge >= 0.3 is 0 Å². The van der Waals surface area contributed by atoms with Crippen molar-refractivity contribution >= 4 is 5.82 Å². The molecule has 146 valence electrons. The Morgan fingerprint density at radius 1 is 1.11 bits per heavy atom. The summed E-state index contributed by atoms with van der Waals surface area (Å²) in [5.74, 6) is 1.86. The molecule has 1 aliphatic rings. The van der Waals surface area contributed by atoms with Gasteiger partial charge in [0.15, 0.2) is 17.5 Å². The van der Waals surface area contributed by atoms with E-state index < -0.39 is 5.82 Å². The monoisotopic (exact) mass is 384 g/mol. The number of hydrogen-bond donors (Lipinski definition) is 0. The molecule has 0 saturated carbocycles. The summed E-state index contributed by atoms with van der Waals surface area (Å²) in [6.07, 6.45) is 1.41. The molecule has 1 aromatic carbocycles. The maximum Gasteiger partial charge on any atom is 0.223 e. The van der Waals surface area contributed by atoms with Gasteiger partial charge in [-0.05, 0) is 24.3 Å². The van der Waals surface area contributed by atoms with E-state index >= 15 is 4.39 Å². The summed E-state index contributed by atoms with van der Waals surface area (Å²) in [5.41, 5.74) is 0.977. The maximum absolute atomic E-state index is 15.1. The number of rotatable bonds is 5. The van der Waals surface area contributed by atoms with Crippen molar-refractivity contribution in [1.82, 2.24) is 25.0 Å². The molecular weight excluding hydrogens is 363 g/mol. The van der Waals surface area contributed by atoms with Crippen LogP contribution in [-0.2, 0) is 6.54 Å². The molecule has 8 nitrogen and oxygen atoms in total. The van der Waals surface area contributed by atoms with Crippen LogP contribution < -0.4 is 9.64 Å². The number of aromatic nitrogens is 4. The molecule has 0 amide bonds. The van der Waals surface area contributed by atoms with Crippen LogP contribution in [0, 0.1) is 12.7 Å². The van der Waals surface area contributed by atoms with Crippen molar-refractivity contribution in [3.63, 3.8) is 0 Å². The minimum atomic E-state index is -0.407. The molecular formula is C19H21FN6O2. The SMILES string of the molecule is COc1ccc(-c2ncnc(N3CCN(Cc4noc(C)n4)CC3)c2F)cc1. The van der Waals surface area contributed by atoms with Crippen LogP contribution in [0.15, 0.2) is 35.1 Å². The largest absolute Gasteiger partial charge is 0.497 e. The lowest BCUT2D eigenvalue weighted by Gasteiger charge is -2.34. The number of halogens is 1. The van der Waals surface area contributed by atoms with Crippen molar-refractivity contribution in [3.8, 4) is 17.0 Å². The molecule has 2 aromatic heterocycles. The number of benzene rings is 1. The Labute approximate surface area is 162 Å². The van der Waals surface area contributed by atoms with Gasteiger partial charge in [-0.3, -0.25) is 4.90 Å². The lowest BCUT2D eigenvalue weighted by atomic mass is 10.1. The second-order valence-corrected chi connectivity index (χ2v) is 6.58. The van der Waals surface area contributed by atoms with E-state index in [9.17, 15) is 0 Å². The number of piperazine rings is 1. The molecule has 0 unspecified atom stereocenters. The van der Waals surface area contributed by atoms with Crippen LogP contribution in [0.1, 0.15) is 11.7 Å². The Morgan fingerprint density at radius 2 is 1.86 bits per heavy atom. The highest BCUT2D eigenvalue weighted by Gasteiger charge is 2.23. The normalized spacial score (nSPS) is 15.0. The Kier molecular flexibility index (Phi) is 5.16. The van der Waals surface area contributed by atoms with E-state index in [1.54, 1.807) is 38.3 Å². The molecule has 0 radical (unpaired) electrons. The van der Waals surface area contributed by atoms with Crippen molar-refractivity contribution in [2.24, 2.45) is 0 Å². The van der Waals surface area contributed by atoms with Crippen molar-refractivity contribution < 1.29 is 13.7 Å². The molecule has 4 rings (SSSR count). The fourth-order valence-electron chi connectivity index (χ4n) is 3.25. The van der Waals surface area contributed by atoms with E-state index in [4.69, 9.17) is 9.26 Å². The van der Waals surface area contributed by atoms with E-state index in [-0.39, 0.29) is 5.69 Å². The number of hydrogen-bond acceptors (Lipinski definition) is 8. The first-order chi connectivity index (χ1) is 13.6. The summed E-state index contributed by atoms with van der Waals surface area (Å²) in [5, 5.41) is 3.93. The summed E-state index contributed by atoms with van der Waals surface area (Å²) in [6, 6.07) is 7.15. The maximum atomic E-state index is 15.1. The van der Waals surface area contributed by atoms with Gasteiger partial charge in [0.1, 0.15) is 17.8 Å². The second kappa shape index (κ2) is 7.89. The fourth-order valence-corrected chi connectivity index (χ4v) is 3.25. The molecule has 0 aliphatic carbocycles. The summed E-state index contributed by atoms with van der Waals surface area (Å²) in [6.45, 7) is 5.23. The molecule has 1 fully saturated rings. The quantitative estimate of drug-likeness (QED) is 0.663. The number of aryl methyl sites for hydroxylation is 1. The zero-order valence-corrected chi connectivity index (χ0v) is 15.8. The first-order valence-electron chi connectivity index (χ1n) is 9.05. The van der Waals surface area contributed by atoms with Crippen LogP contribution >= 0.6 is 0 Å². The average molecular weight is 384 g/mol. The number of nitrogens with zero attached hydrogens (tertiary/aromatic N) is 6. The van der Waals surface area contributed by atoms with Crippen molar-refractivity contribution in [2.45, 2.75) is 13.5 Å². The van der Waals surface area contributed by atoms with Gasteiger partial charge in [0.2, 0.25) is 5.89 Å². The lowest BCUT2D eigenvalue weighted by molar-refractivity contribution is 0.239. The van der Waals surface area contributed by atoms with E-state index in [1.807, 2.05) is 4.90 Å². The van der Waals surface area contributed by atoms with E-state index in [0.717, 1.165) is 13.1 Å². The predicted octanol–water partition coefficient (Wildman–Crippen LogP) is 2.30. The third-order valence-electron chi connectivity index (χ3n) is 4.74. The van der Waals surface area contributed by atoms with Crippen LogP contribution in [0.2, 0.25) is 0 Å². The second-order valence-electron chi connectivity index (χ2n) is 6.58. The summed E-state index contributed by atoms with van der Waals surface area (Å²) in [7, 11) is 1.60. The molecule has 0 N–H and O–H groups in total. The molecule has 9 heteroatoms. The topological polar surface area (TPSA) is 80.4 Å². The van der Waals surface area contributed by atoms with Gasteiger partial charge in [0.25, 0.3) is 0 Å². The standard InChI is InChI=1S/C19H21FN6O2/c1-13-23-16(24-28-13)11-25-7-9-26(10-8-25)19-17(20)18(21-12-22-19)14-3-5-15(27-2)6-4-14/h3-6,12H,7-11H2,1-2H3. The highest BCUT2D eigenvalue weighted by atomic mass is 19.1. The van der Waals surface area contributed by atoms with E-state index in [0.29, 0.717) is 48.5 Å². The Morgan fingerprint density at radius 3 is 2.50 bits per heavy atom. The Balaban J connectivity index is 1.46. The highest BCUT2D eigenvalue weighted by molar-refractivity contribution is 5.64. The fraction of sp³-hybridized carbons (Fsp3) is 0.368. The van der Waals surface area contributed by atoms with Gasteiger partial charge in [-0.1, -0.05) is 5.16 Å². The Hall–Kier alpha value is -3.07. The Bertz CT molecular complexity index is 938. The van der Waals surface area contributed by atoms with Gasteiger partial charge in [-0.25, -0.2) is 14.4 Å². The number of anilines is 1. The zero-order chi connectivity index (χ0) is 19.5. The van der Waals surface area contributed by atoms with Crippen LogP contribution in [0.25, 0.3) is 11.3 Å². The lowest BCUT2D eigenvalue weighted by Crippen LogP contribution is -2.46. The number of ether oxygens (including phenoxy) is 1. The van der Waals surface area contributed by atoms with Crippen molar-refractivity contribution in [2.75, 3.05) is 38.2 Å². The molecule has 3 aromatic rings. The van der Waals surface area contributed by atoms with Crippen LogP contribution in [-0.4, -0.2) is 58.3 Å². The van der Waals surface area contributed by atoms with Gasteiger partial charge in [-0.2, -0.15) is 4.98 Å². The van der Waals surface area contributed by atoms with Crippen LogP contribution in [0.3, 0.4) is 0 Å². The molecule has 0 spiro atoms. The van der Waals surface area contributed by atoms with Crippen molar-refractivity contribution in [1.29, 1.82) is 0 Å². The smallest absolute Gasteiger partial charge is 0.223 e. The van der Waals surface area contributed by atoms with Gasteiger partial charge < -0.3 is 14.2 Å². The number of methoxy groups -OCH3 is 1. The minimum absolute atomic E-state index is 0.289. The van der Waals surface area contributed by atoms with Crippen LogP contribution in [0.5, 0.6) is 5.75 Å². The molecule has 0 bridgehead atoms. The van der Waals surface area contributed by atoms with E-state index in [1.165, 1.54) is 6.33 Å².